The molecule has 10 N–H and O–H groups in total. The summed E-state index contributed by atoms with van der Waals surface area (Å²) in [5.41, 5.74) is 30.8. The van der Waals surface area contributed by atoms with Crippen LogP contribution in [0.1, 0.15) is 46.9 Å². The van der Waals surface area contributed by atoms with Gasteiger partial charge in [0.25, 0.3) is 0 Å². The number of nitrogens with zero attached hydrogens (tertiary/aromatic N) is 10. The molecule has 2 aliphatic rings. The molecule has 2 saturated carbocycles. The number of carbonyl (C=O) groups is 2. The SMILES string of the molecule is Cc1ccncc1-c1cc2cc(NC(=O)[C@@H]3C[C@H]3c3cnn(CCOCCN)c3)ncc2c(N)n1.Cc1ccncc1-c1cc2cc(NC(=O)[C@H]3C[C@@H]3c3cnn(CCOCCN)c3)ncc2c(N)n1. The van der Waals surface area contributed by atoms with Gasteiger partial charge in [-0.25, -0.2) is 19.9 Å². The molecule has 0 aromatic carbocycles. The number of fused-ring (bicyclic) bond motifs is 2. The van der Waals surface area contributed by atoms with Crippen LogP contribution in [0.3, 0.4) is 0 Å². The molecule has 0 aliphatic heterocycles. The molecule has 0 saturated heterocycles. The minimum atomic E-state index is -0.102. The third-order valence-electron chi connectivity index (χ3n) is 12.5. The van der Waals surface area contributed by atoms with Crippen LogP contribution in [0.5, 0.6) is 0 Å². The highest BCUT2D eigenvalue weighted by molar-refractivity contribution is 6.00. The van der Waals surface area contributed by atoms with E-state index >= 15 is 0 Å². The van der Waals surface area contributed by atoms with Crippen molar-refractivity contribution in [3.63, 3.8) is 0 Å². The third-order valence-corrected chi connectivity index (χ3v) is 12.5. The number of rotatable bonds is 18. The molecule has 8 aromatic rings. The molecule has 10 rings (SSSR count). The van der Waals surface area contributed by atoms with Gasteiger partial charge >= 0.3 is 0 Å². The fraction of sp³-hybridized carbons (Fsp3) is 0.320. The van der Waals surface area contributed by atoms with Gasteiger partial charge in [-0.3, -0.25) is 28.9 Å². The summed E-state index contributed by atoms with van der Waals surface area (Å²) < 4.78 is 14.5. The fourth-order valence-corrected chi connectivity index (χ4v) is 8.44. The predicted octanol–water partition coefficient (Wildman–Crippen LogP) is 4.99. The number of carbonyl (C=O) groups excluding carboxylic acids is 2. The number of ether oxygens (including phenoxy) is 2. The number of aryl methyl sites for hydroxylation is 2. The number of hydrogen-bond acceptors (Lipinski definition) is 16. The number of nitrogens with two attached hydrogens (primary N) is 4. The standard InChI is InChI=1S/2C25H28N8O2/c2*1-15-2-4-28-12-20(15)22-8-16-9-23(29-13-21(16)24(27)31-22)32-25(34)19-10-18(19)17-11-30-33(14-17)5-7-35-6-3-26/h2*2,4,8-9,11-14,18-19H,3,5-7,10,26H2,1H3,(H2,27,31)(H,29,32,34)/t2*18-,19+/m10/s1. The number of aromatic nitrogens is 10. The van der Waals surface area contributed by atoms with E-state index in [4.69, 9.17) is 32.4 Å². The van der Waals surface area contributed by atoms with E-state index in [-0.39, 0.29) is 35.5 Å². The molecule has 8 heterocycles. The lowest BCUT2D eigenvalue weighted by Gasteiger charge is -2.10. The highest BCUT2D eigenvalue weighted by Gasteiger charge is 2.45. The van der Waals surface area contributed by atoms with Gasteiger partial charge in [0.15, 0.2) is 0 Å². The monoisotopic (exact) mass is 944 g/mol. The maximum Gasteiger partial charge on any atom is 0.229 e. The Morgan fingerprint density at radius 2 is 1.07 bits per heavy atom. The van der Waals surface area contributed by atoms with Crippen molar-refractivity contribution in [2.75, 3.05) is 61.6 Å². The Hall–Kier alpha value is -7.78. The summed E-state index contributed by atoms with van der Waals surface area (Å²) in [6.07, 6.45) is 19.5. The molecule has 2 aliphatic carbocycles. The summed E-state index contributed by atoms with van der Waals surface area (Å²) >= 11 is 0. The second kappa shape index (κ2) is 21.2. The molecule has 70 heavy (non-hydrogen) atoms. The molecule has 20 heteroatoms. The maximum atomic E-state index is 12.9. The molecule has 2 fully saturated rings. The smallest absolute Gasteiger partial charge is 0.229 e. The van der Waals surface area contributed by atoms with Crippen molar-refractivity contribution in [1.82, 2.24) is 49.5 Å². The van der Waals surface area contributed by atoms with Crippen molar-refractivity contribution >= 4 is 56.6 Å². The fourth-order valence-electron chi connectivity index (χ4n) is 8.44. The minimum Gasteiger partial charge on any atom is -0.383 e. The van der Waals surface area contributed by atoms with E-state index in [1.807, 2.05) is 84.4 Å². The summed E-state index contributed by atoms with van der Waals surface area (Å²) in [4.78, 5) is 52.0. The van der Waals surface area contributed by atoms with Crippen LogP contribution in [0, 0.1) is 25.7 Å². The first kappa shape index (κ1) is 47.3. The van der Waals surface area contributed by atoms with Crippen LogP contribution in [0.15, 0.2) is 98.4 Å². The molecule has 0 bridgehead atoms. The van der Waals surface area contributed by atoms with E-state index in [1.54, 1.807) is 37.2 Å². The molecule has 360 valence electrons. The molecule has 4 atom stereocenters. The zero-order valence-electron chi connectivity index (χ0n) is 39.0. The van der Waals surface area contributed by atoms with Crippen LogP contribution >= 0.6 is 0 Å². The Kier molecular flexibility index (Phi) is 14.4. The van der Waals surface area contributed by atoms with Crippen LogP contribution in [0.25, 0.3) is 44.1 Å². The van der Waals surface area contributed by atoms with E-state index in [0.29, 0.717) is 75.9 Å². The zero-order chi connectivity index (χ0) is 48.7. The van der Waals surface area contributed by atoms with Crippen molar-refractivity contribution in [2.45, 2.75) is 51.6 Å². The first-order chi connectivity index (χ1) is 34.1. The average molecular weight is 945 g/mol. The lowest BCUT2D eigenvalue weighted by molar-refractivity contribution is -0.118. The summed E-state index contributed by atoms with van der Waals surface area (Å²) in [5.74, 6) is 1.77. The van der Waals surface area contributed by atoms with Gasteiger partial charge in [-0.2, -0.15) is 10.2 Å². The van der Waals surface area contributed by atoms with Gasteiger partial charge in [0, 0.05) is 96.4 Å². The zero-order valence-corrected chi connectivity index (χ0v) is 39.0. The lowest BCUT2D eigenvalue weighted by Crippen LogP contribution is -2.15. The van der Waals surface area contributed by atoms with E-state index in [0.717, 1.165) is 79.2 Å². The number of nitrogen functional groups attached to an aromatic ring is 2. The van der Waals surface area contributed by atoms with Crippen LogP contribution in [-0.2, 0) is 32.2 Å². The second-order valence-electron chi connectivity index (χ2n) is 17.5. The Labute approximate surface area is 403 Å². The molecule has 2 amide bonds. The van der Waals surface area contributed by atoms with Crippen LogP contribution < -0.4 is 33.6 Å². The third kappa shape index (κ3) is 11.1. The van der Waals surface area contributed by atoms with Crippen molar-refractivity contribution in [3.8, 4) is 22.5 Å². The predicted molar refractivity (Wildman–Crippen MR) is 267 cm³/mol. The van der Waals surface area contributed by atoms with Crippen LogP contribution in [-0.4, -0.2) is 101 Å². The molecule has 0 radical (unpaired) electrons. The molecule has 8 aromatic heterocycles. The van der Waals surface area contributed by atoms with Gasteiger partial charge < -0.3 is 43.0 Å². The van der Waals surface area contributed by atoms with Crippen LogP contribution in [0.2, 0.25) is 0 Å². The van der Waals surface area contributed by atoms with Crippen molar-refractivity contribution in [2.24, 2.45) is 23.3 Å². The first-order valence-electron chi connectivity index (χ1n) is 23.2. The van der Waals surface area contributed by atoms with Gasteiger partial charge in [-0.15, -0.1) is 0 Å². The number of hydrogen-bond donors (Lipinski definition) is 6. The van der Waals surface area contributed by atoms with Crippen molar-refractivity contribution in [3.05, 3.63) is 121 Å². The van der Waals surface area contributed by atoms with E-state index in [9.17, 15) is 9.59 Å². The minimum absolute atomic E-state index is 0.0498. The Balaban J connectivity index is 0.000000174. The van der Waals surface area contributed by atoms with E-state index < -0.39 is 0 Å². The molecular formula is C50H56N16O4. The van der Waals surface area contributed by atoms with Gasteiger partial charge in [0.2, 0.25) is 11.8 Å². The summed E-state index contributed by atoms with van der Waals surface area (Å²) in [6, 6.07) is 11.4. The van der Waals surface area contributed by atoms with Crippen molar-refractivity contribution in [1.29, 1.82) is 0 Å². The number of amides is 2. The van der Waals surface area contributed by atoms with Gasteiger partial charge in [0.05, 0.1) is 63.3 Å². The lowest BCUT2D eigenvalue weighted by atomic mass is 10.1. The number of nitrogens with one attached hydrogen (secondary N) is 2. The van der Waals surface area contributed by atoms with Crippen LogP contribution in [0.4, 0.5) is 23.3 Å². The highest BCUT2D eigenvalue weighted by atomic mass is 16.5. The Morgan fingerprint density at radius 3 is 1.49 bits per heavy atom. The normalized spacial score (nSPS) is 17.0. The van der Waals surface area contributed by atoms with Gasteiger partial charge in [-0.05, 0) is 108 Å². The maximum absolute atomic E-state index is 12.9. The average Bonchev–Trinajstić information content (AvgIpc) is 4.24. The topological polar surface area (TPSA) is 294 Å². The van der Waals surface area contributed by atoms with Gasteiger partial charge in [-0.1, -0.05) is 0 Å². The molecular weight excluding hydrogens is 889 g/mol. The highest BCUT2D eigenvalue weighted by Crippen LogP contribution is 2.49. The molecule has 20 nitrogen and oxygen atoms in total. The summed E-state index contributed by atoms with van der Waals surface area (Å²) in [7, 11) is 0. The number of anilines is 4. The molecule has 0 unspecified atom stereocenters. The Bertz CT molecular complexity index is 2950. The first-order valence-corrected chi connectivity index (χ1v) is 23.2. The van der Waals surface area contributed by atoms with Crippen molar-refractivity contribution < 1.29 is 19.1 Å². The quantitative estimate of drug-likeness (QED) is 0.0618. The number of pyridine rings is 6. The summed E-state index contributed by atoms with van der Waals surface area (Å²) in [6.45, 7) is 8.52. The summed E-state index contributed by atoms with van der Waals surface area (Å²) in [5, 5.41) is 17.8. The van der Waals surface area contributed by atoms with E-state index in [2.05, 4.69) is 50.7 Å². The molecule has 0 spiro atoms. The second-order valence-corrected chi connectivity index (χ2v) is 17.5. The van der Waals surface area contributed by atoms with Gasteiger partial charge in [0.1, 0.15) is 23.3 Å². The Morgan fingerprint density at radius 1 is 0.629 bits per heavy atom. The van der Waals surface area contributed by atoms with E-state index in [1.165, 1.54) is 0 Å². The largest absolute Gasteiger partial charge is 0.383 e.